The molecule has 3 N–H and O–H groups in total. The second kappa shape index (κ2) is 4.74. The van der Waals surface area contributed by atoms with Crippen molar-refractivity contribution in [3.05, 3.63) is 58.8 Å². The Balaban J connectivity index is 2.33. The van der Waals surface area contributed by atoms with E-state index in [4.69, 9.17) is 10.5 Å². The van der Waals surface area contributed by atoms with Crippen LogP contribution >= 0.6 is 0 Å². The summed E-state index contributed by atoms with van der Waals surface area (Å²) < 4.78 is 5.23. The minimum Gasteiger partial charge on any atom is -0.496 e. The summed E-state index contributed by atoms with van der Waals surface area (Å²) in [5.41, 5.74) is 8.69. The van der Waals surface area contributed by atoms with Gasteiger partial charge < -0.3 is 15.5 Å². The van der Waals surface area contributed by atoms with E-state index in [0.29, 0.717) is 22.3 Å². The number of nitrogens with two attached hydrogens (primary N) is 1. The number of rotatable bonds is 2. The van der Waals surface area contributed by atoms with Crippen LogP contribution in [-0.4, -0.2) is 12.1 Å². The van der Waals surface area contributed by atoms with E-state index < -0.39 is 0 Å². The average molecular weight is 266 g/mol. The Morgan fingerprint density at radius 2 is 1.85 bits per heavy atom. The van der Waals surface area contributed by atoms with Gasteiger partial charge in [-0.1, -0.05) is 30.3 Å². The molecule has 0 aliphatic rings. The van der Waals surface area contributed by atoms with Gasteiger partial charge in [-0.3, -0.25) is 4.79 Å². The first-order valence-electron chi connectivity index (χ1n) is 6.25. The lowest BCUT2D eigenvalue weighted by Gasteiger charge is -2.09. The molecule has 0 fully saturated rings. The van der Waals surface area contributed by atoms with E-state index in [1.165, 1.54) is 7.11 Å². The highest BCUT2D eigenvalue weighted by atomic mass is 16.5. The maximum absolute atomic E-state index is 12.3. The summed E-state index contributed by atoms with van der Waals surface area (Å²) >= 11 is 0. The zero-order chi connectivity index (χ0) is 14.1. The molecule has 1 heterocycles. The molecule has 0 bridgehead atoms. The number of aromatic nitrogens is 1. The van der Waals surface area contributed by atoms with Crippen molar-refractivity contribution in [3.8, 4) is 17.0 Å². The zero-order valence-corrected chi connectivity index (χ0v) is 11.0. The predicted octanol–water partition coefficient (Wildman–Crippen LogP) is 2.79. The first-order valence-corrected chi connectivity index (χ1v) is 6.25. The van der Waals surface area contributed by atoms with E-state index in [1.54, 1.807) is 18.2 Å². The number of nitrogens with one attached hydrogen (secondary N) is 1. The number of fused-ring (bicyclic) bond motifs is 1. The minimum atomic E-state index is -0.0885. The SMILES string of the molecule is COc1cc(N)cc2[nH]c(-c3ccccc3)cc(=O)c12. The van der Waals surface area contributed by atoms with E-state index in [0.717, 1.165) is 11.3 Å². The van der Waals surface area contributed by atoms with Crippen LogP contribution in [0.25, 0.3) is 22.2 Å². The second-order valence-electron chi connectivity index (χ2n) is 4.56. The third-order valence-corrected chi connectivity index (χ3v) is 3.22. The van der Waals surface area contributed by atoms with Gasteiger partial charge >= 0.3 is 0 Å². The highest BCUT2D eigenvalue weighted by molar-refractivity contribution is 5.89. The van der Waals surface area contributed by atoms with Crippen LogP contribution in [0, 0.1) is 0 Å². The van der Waals surface area contributed by atoms with Crippen molar-refractivity contribution < 1.29 is 4.74 Å². The molecule has 20 heavy (non-hydrogen) atoms. The molecular formula is C16H14N2O2. The van der Waals surface area contributed by atoms with Crippen molar-refractivity contribution in [1.82, 2.24) is 4.98 Å². The normalized spacial score (nSPS) is 10.7. The Morgan fingerprint density at radius 3 is 2.55 bits per heavy atom. The molecule has 0 aliphatic carbocycles. The van der Waals surface area contributed by atoms with E-state index in [-0.39, 0.29) is 5.43 Å². The van der Waals surface area contributed by atoms with Gasteiger partial charge in [0.2, 0.25) is 0 Å². The Bertz CT molecular complexity index is 823. The van der Waals surface area contributed by atoms with Crippen molar-refractivity contribution in [3.63, 3.8) is 0 Å². The Kier molecular flexibility index (Phi) is 2.91. The molecule has 2 aromatic carbocycles. The van der Waals surface area contributed by atoms with Crippen LogP contribution in [-0.2, 0) is 0 Å². The first kappa shape index (κ1) is 12.3. The average Bonchev–Trinajstić information content (AvgIpc) is 2.46. The zero-order valence-electron chi connectivity index (χ0n) is 11.0. The molecular weight excluding hydrogens is 252 g/mol. The number of hydrogen-bond acceptors (Lipinski definition) is 3. The van der Waals surface area contributed by atoms with Gasteiger partial charge in [0, 0.05) is 23.5 Å². The monoisotopic (exact) mass is 266 g/mol. The molecule has 0 aliphatic heterocycles. The number of benzene rings is 2. The third-order valence-electron chi connectivity index (χ3n) is 3.22. The molecule has 100 valence electrons. The van der Waals surface area contributed by atoms with Gasteiger partial charge in [0.05, 0.1) is 18.0 Å². The Labute approximate surface area is 115 Å². The van der Waals surface area contributed by atoms with E-state index in [2.05, 4.69) is 4.98 Å². The first-order chi connectivity index (χ1) is 9.69. The number of ether oxygens (including phenoxy) is 1. The minimum absolute atomic E-state index is 0.0885. The summed E-state index contributed by atoms with van der Waals surface area (Å²) in [5.74, 6) is 0.487. The fourth-order valence-electron chi connectivity index (χ4n) is 2.31. The number of methoxy groups -OCH3 is 1. The van der Waals surface area contributed by atoms with Crippen LogP contribution in [0.3, 0.4) is 0 Å². The summed E-state index contributed by atoms with van der Waals surface area (Å²) in [6.07, 6.45) is 0. The summed E-state index contributed by atoms with van der Waals surface area (Å²) in [7, 11) is 1.53. The van der Waals surface area contributed by atoms with Gasteiger partial charge in [0.25, 0.3) is 0 Å². The summed E-state index contributed by atoms with van der Waals surface area (Å²) in [6, 6.07) is 14.7. The molecule has 3 rings (SSSR count). The summed E-state index contributed by atoms with van der Waals surface area (Å²) in [4.78, 5) is 15.6. The number of aromatic amines is 1. The molecule has 4 heteroatoms. The highest BCUT2D eigenvalue weighted by Gasteiger charge is 2.10. The lowest BCUT2D eigenvalue weighted by atomic mass is 10.1. The number of nitrogen functional groups attached to an aromatic ring is 1. The van der Waals surface area contributed by atoms with E-state index in [9.17, 15) is 4.79 Å². The third kappa shape index (κ3) is 2.01. The molecule has 0 saturated carbocycles. The Hall–Kier alpha value is -2.75. The van der Waals surface area contributed by atoms with Gasteiger partial charge in [-0.15, -0.1) is 0 Å². The van der Waals surface area contributed by atoms with Gasteiger partial charge in [-0.05, 0) is 11.6 Å². The lowest BCUT2D eigenvalue weighted by molar-refractivity contribution is 0.420. The smallest absolute Gasteiger partial charge is 0.193 e. The number of anilines is 1. The molecule has 0 atom stereocenters. The van der Waals surface area contributed by atoms with Crippen LogP contribution in [0.1, 0.15) is 0 Å². The summed E-state index contributed by atoms with van der Waals surface area (Å²) in [6.45, 7) is 0. The molecule has 0 radical (unpaired) electrons. The van der Waals surface area contributed by atoms with Gasteiger partial charge in [0.1, 0.15) is 5.75 Å². The lowest BCUT2D eigenvalue weighted by Crippen LogP contribution is -2.05. The number of pyridine rings is 1. The van der Waals surface area contributed by atoms with Gasteiger partial charge in [-0.2, -0.15) is 0 Å². The number of hydrogen-bond donors (Lipinski definition) is 2. The number of H-pyrrole nitrogens is 1. The molecule has 0 unspecified atom stereocenters. The quantitative estimate of drug-likeness (QED) is 0.701. The van der Waals surface area contributed by atoms with Crippen molar-refractivity contribution in [2.75, 3.05) is 12.8 Å². The molecule has 3 aromatic rings. The van der Waals surface area contributed by atoms with Crippen LogP contribution in [0.15, 0.2) is 53.3 Å². The van der Waals surface area contributed by atoms with E-state index >= 15 is 0 Å². The maximum atomic E-state index is 12.3. The van der Waals surface area contributed by atoms with Crippen molar-refractivity contribution in [1.29, 1.82) is 0 Å². The highest BCUT2D eigenvalue weighted by Crippen LogP contribution is 2.27. The predicted molar refractivity (Wildman–Crippen MR) is 81.0 cm³/mol. The fourth-order valence-corrected chi connectivity index (χ4v) is 2.31. The van der Waals surface area contributed by atoms with Gasteiger partial charge in [0.15, 0.2) is 5.43 Å². The molecule has 4 nitrogen and oxygen atoms in total. The van der Waals surface area contributed by atoms with Crippen LogP contribution < -0.4 is 15.9 Å². The van der Waals surface area contributed by atoms with E-state index in [1.807, 2.05) is 30.3 Å². The van der Waals surface area contributed by atoms with Crippen LogP contribution in [0.5, 0.6) is 5.75 Å². The standard InChI is InChI=1S/C16H14N2O2/c1-20-15-8-11(17)7-13-16(15)14(19)9-12(18-13)10-5-3-2-4-6-10/h2-9H,17H2,1H3,(H,18,19). The molecule has 0 amide bonds. The molecule has 1 aromatic heterocycles. The van der Waals surface area contributed by atoms with Crippen molar-refractivity contribution in [2.45, 2.75) is 0 Å². The molecule has 0 spiro atoms. The largest absolute Gasteiger partial charge is 0.496 e. The molecule has 0 saturated heterocycles. The van der Waals surface area contributed by atoms with Crippen LogP contribution in [0.2, 0.25) is 0 Å². The topological polar surface area (TPSA) is 68.1 Å². The fraction of sp³-hybridized carbons (Fsp3) is 0.0625. The summed E-state index contributed by atoms with van der Waals surface area (Å²) in [5, 5.41) is 0.515. The Morgan fingerprint density at radius 1 is 1.10 bits per heavy atom. The van der Waals surface area contributed by atoms with Crippen molar-refractivity contribution >= 4 is 16.6 Å². The van der Waals surface area contributed by atoms with Crippen molar-refractivity contribution in [2.24, 2.45) is 0 Å². The van der Waals surface area contributed by atoms with Crippen LogP contribution in [0.4, 0.5) is 5.69 Å². The maximum Gasteiger partial charge on any atom is 0.193 e. The van der Waals surface area contributed by atoms with Gasteiger partial charge in [-0.25, -0.2) is 0 Å². The second-order valence-corrected chi connectivity index (χ2v) is 4.56.